The molecule has 34 heavy (non-hydrogen) atoms. The van der Waals surface area contributed by atoms with Crippen molar-refractivity contribution >= 4 is 17.1 Å². The van der Waals surface area contributed by atoms with Gasteiger partial charge in [-0.05, 0) is 57.4 Å². The number of nitriles is 1. The fraction of sp³-hybridized carbons (Fsp3) is 0.417. The number of halogens is 1. The lowest BCUT2D eigenvalue weighted by Crippen LogP contribution is -2.42. The number of carbonyl (C=O) groups excluding carboxylic acids is 1. The number of fused-ring (bicyclic) bond motifs is 1. The Morgan fingerprint density at radius 2 is 2.15 bits per heavy atom. The van der Waals surface area contributed by atoms with Gasteiger partial charge in [-0.2, -0.15) is 10.4 Å². The molecule has 3 aromatic heterocycles. The van der Waals surface area contributed by atoms with Gasteiger partial charge < -0.3 is 20.8 Å². The summed E-state index contributed by atoms with van der Waals surface area (Å²) in [4.78, 5) is 17.3. The van der Waals surface area contributed by atoms with E-state index in [4.69, 9.17) is 5.26 Å². The van der Waals surface area contributed by atoms with Crippen LogP contribution in [0.25, 0.3) is 16.9 Å². The highest BCUT2D eigenvalue weighted by molar-refractivity contribution is 6.00. The highest BCUT2D eigenvalue weighted by Crippen LogP contribution is 2.29. The maximum Gasteiger partial charge on any atom is 0.255 e. The first kappa shape index (κ1) is 23.6. The number of carbonyl (C=O) groups is 1. The molecule has 9 nitrogen and oxygen atoms in total. The fourth-order valence-corrected chi connectivity index (χ4v) is 3.99. The first-order valence-electron chi connectivity index (χ1n) is 11.1. The van der Waals surface area contributed by atoms with E-state index in [2.05, 4.69) is 26.8 Å². The Balaban J connectivity index is 1.66. The van der Waals surface area contributed by atoms with E-state index < -0.39 is 23.8 Å². The third kappa shape index (κ3) is 5.00. The van der Waals surface area contributed by atoms with Crippen LogP contribution in [0.15, 0.2) is 36.7 Å². The number of nitrogens with zero attached hydrogens (tertiary/aromatic N) is 4. The van der Waals surface area contributed by atoms with Crippen molar-refractivity contribution in [2.45, 2.75) is 57.0 Å². The smallest absolute Gasteiger partial charge is 0.255 e. The summed E-state index contributed by atoms with van der Waals surface area (Å²) in [6.07, 6.45) is 2.81. The van der Waals surface area contributed by atoms with Gasteiger partial charge in [0, 0.05) is 12.2 Å². The van der Waals surface area contributed by atoms with Crippen molar-refractivity contribution in [1.29, 1.82) is 5.26 Å². The molecule has 3 atom stereocenters. The Morgan fingerprint density at radius 3 is 2.82 bits per heavy atom. The zero-order chi connectivity index (χ0) is 24.5. The number of rotatable bonds is 7. The van der Waals surface area contributed by atoms with Crippen LogP contribution in [0.1, 0.15) is 49.0 Å². The summed E-state index contributed by atoms with van der Waals surface area (Å²) in [6.45, 7) is 2.34. The van der Waals surface area contributed by atoms with Gasteiger partial charge in [0.2, 0.25) is 0 Å². The maximum absolute atomic E-state index is 14.2. The topological polar surface area (TPSA) is 136 Å². The molecular weight excluding hydrogens is 439 g/mol. The summed E-state index contributed by atoms with van der Waals surface area (Å²) >= 11 is 0. The molecule has 3 heterocycles. The number of amides is 1. The maximum atomic E-state index is 14.2. The average molecular weight is 467 g/mol. The normalized spacial score (nSPS) is 19.1. The second kappa shape index (κ2) is 9.37. The van der Waals surface area contributed by atoms with Crippen molar-refractivity contribution in [2.24, 2.45) is 0 Å². The summed E-state index contributed by atoms with van der Waals surface area (Å²) in [5.41, 5.74) is 1.55. The zero-order valence-electron chi connectivity index (χ0n) is 19.0. The molecule has 1 amide bonds. The lowest BCUT2D eigenvalue weighted by Gasteiger charge is -2.23. The number of anilines is 1. The number of aliphatic hydroxyl groups excluding tert-OH is 1. The SMILES string of the molecule is CC(C)(O)C(F)CNC(=O)c1cnc(-c2ccc3cc(C#N)cnn23)cc1N[C@H]1CC[C@@H](O)C1. The van der Waals surface area contributed by atoms with Gasteiger partial charge in [0.05, 0.1) is 58.2 Å². The molecule has 0 aliphatic heterocycles. The number of aromatic nitrogens is 3. The first-order valence-corrected chi connectivity index (χ1v) is 11.1. The molecule has 0 spiro atoms. The molecule has 4 N–H and O–H groups in total. The van der Waals surface area contributed by atoms with E-state index in [0.717, 1.165) is 11.9 Å². The highest BCUT2D eigenvalue weighted by atomic mass is 19.1. The minimum atomic E-state index is -1.64. The van der Waals surface area contributed by atoms with Crippen LogP contribution in [0.5, 0.6) is 0 Å². The molecule has 1 aliphatic rings. The fourth-order valence-electron chi connectivity index (χ4n) is 3.99. The second-order valence-electron chi connectivity index (χ2n) is 9.17. The van der Waals surface area contributed by atoms with Crippen LogP contribution in [0, 0.1) is 11.3 Å². The van der Waals surface area contributed by atoms with Crippen LogP contribution in [-0.4, -0.2) is 61.2 Å². The van der Waals surface area contributed by atoms with Crippen LogP contribution in [-0.2, 0) is 0 Å². The summed E-state index contributed by atoms with van der Waals surface area (Å²) in [5.74, 6) is -0.524. The molecule has 178 valence electrons. The molecular formula is C24H27FN6O3. The summed E-state index contributed by atoms with van der Waals surface area (Å²) in [6, 6.07) is 9.13. The minimum Gasteiger partial charge on any atom is -0.393 e. The molecule has 10 heteroatoms. The van der Waals surface area contributed by atoms with E-state index >= 15 is 0 Å². The Kier molecular flexibility index (Phi) is 6.50. The largest absolute Gasteiger partial charge is 0.393 e. The number of aliphatic hydroxyl groups is 2. The Bertz CT molecular complexity index is 1250. The molecule has 4 rings (SSSR count). The number of pyridine rings is 1. The summed E-state index contributed by atoms with van der Waals surface area (Å²) in [7, 11) is 0. The average Bonchev–Trinajstić information content (AvgIpc) is 3.41. The highest BCUT2D eigenvalue weighted by Gasteiger charge is 2.28. The molecule has 1 saturated carbocycles. The molecule has 0 bridgehead atoms. The van der Waals surface area contributed by atoms with Crippen molar-refractivity contribution in [3.8, 4) is 17.5 Å². The first-order chi connectivity index (χ1) is 16.2. The molecule has 3 aromatic rings. The van der Waals surface area contributed by atoms with E-state index in [1.165, 1.54) is 26.2 Å². The molecule has 0 aromatic carbocycles. The predicted octanol–water partition coefficient (Wildman–Crippen LogP) is 2.43. The van der Waals surface area contributed by atoms with E-state index in [1.54, 1.807) is 16.6 Å². The van der Waals surface area contributed by atoms with Crippen LogP contribution in [0.4, 0.5) is 10.1 Å². The number of hydrogen-bond donors (Lipinski definition) is 4. The third-order valence-corrected chi connectivity index (χ3v) is 6.01. The molecule has 0 saturated heterocycles. The van der Waals surface area contributed by atoms with E-state index in [9.17, 15) is 19.4 Å². The van der Waals surface area contributed by atoms with Crippen molar-refractivity contribution in [2.75, 3.05) is 11.9 Å². The summed E-state index contributed by atoms with van der Waals surface area (Å²) < 4.78 is 15.8. The van der Waals surface area contributed by atoms with Gasteiger partial charge in [0.1, 0.15) is 12.2 Å². The lowest BCUT2D eigenvalue weighted by atomic mass is 10.0. The van der Waals surface area contributed by atoms with Crippen molar-refractivity contribution in [3.63, 3.8) is 0 Å². The Morgan fingerprint density at radius 1 is 1.35 bits per heavy atom. The van der Waals surface area contributed by atoms with Crippen LogP contribution >= 0.6 is 0 Å². The summed E-state index contributed by atoms with van der Waals surface area (Å²) in [5, 5.41) is 39.0. The van der Waals surface area contributed by atoms with Gasteiger partial charge in [0.15, 0.2) is 0 Å². The zero-order valence-corrected chi connectivity index (χ0v) is 19.0. The monoisotopic (exact) mass is 466 g/mol. The van der Waals surface area contributed by atoms with Crippen molar-refractivity contribution in [3.05, 3.63) is 47.8 Å². The lowest BCUT2D eigenvalue weighted by molar-refractivity contribution is -0.00177. The van der Waals surface area contributed by atoms with Gasteiger partial charge in [-0.1, -0.05) is 0 Å². The number of hydrogen-bond acceptors (Lipinski definition) is 7. The van der Waals surface area contributed by atoms with Gasteiger partial charge in [-0.25, -0.2) is 8.91 Å². The van der Waals surface area contributed by atoms with Gasteiger partial charge in [0.25, 0.3) is 5.91 Å². The van der Waals surface area contributed by atoms with Gasteiger partial charge in [-0.3, -0.25) is 9.78 Å². The van der Waals surface area contributed by atoms with Crippen LogP contribution < -0.4 is 10.6 Å². The van der Waals surface area contributed by atoms with E-state index in [-0.39, 0.29) is 18.2 Å². The van der Waals surface area contributed by atoms with Gasteiger partial charge in [-0.15, -0.1) is 0 Å². The van der Waals surface area contributed by atoms with Crippen molar-refractivity contribution in [1.82, 2.24) is 19.9 Å². The molecule has 1 fully saturated rings. The standard InChI is InChI=1S/C24H27FN6O3/c1-24(2,34)22(25)13-28-23(33)18-12-27-20(9-19(18)30-15-3-5-17(32)8-15)21-6-4-16-7-14(10-26)11-29-31(16)21/h4,6-7,9,11-12,15,17,22,32,34H,3,5,8,13H2,1-2H3,(H,27,30)(H,28,33)/t15-,17+,22?/m0/s1. The van der Waals surface area contributed by atoms with Crippen LogP contribution in [0.2, 0.25) is 0 Å². The molecule has 0 radical (unpaired) electrons. The van der Waals surface area contributed by atoms with Gasteiger partial charge >= 0.3 is 0 Å². The van der Waals surface area contributed by atoms with E-state index in [1.807, 2.05) is 12.1 Å². The second-order valence-corrected chi connectivity index (χ2v) is 9.17. The quantitative estimate of drug-likeness (QED) is 0.420. The van der Waals surface area contributed by atoms with Crippen LogP contribution in [0.3, 0.4) is 0 Å². The third-order valence-electron chi connectivity index (χ3n) is 6.01. The number of nitrogens with one attached hydrogen (secondary N) is 2. The molecule has 1 aliphatic carbocycles. The van der Waals surface area contributed by atoms with Crippen molar-refractivity contribution < 1.29 is 19.4 Å². The minimum absolute atomic E-state index is 0.0255. The Labute approximate surface area is 196 Å². The molecule has 1 unspecified atom stereocenters. The van der Waals surface area contributed by atoms with E-state index in [0.29, 0.717) is 35.5 Å². The number of alkyl halides is 1. The predicted molar refractivity (Wildman–Crippen MR) is 124 cm³/mol. The Hall–Kier alpha value is -3.55.